The molecule has 0 aliphatic carbocycles. The van der Waals surface area contributed by atoms with Crippen molar-refractivity contribution in [2.45, 2.75) is 95.4 Å². The molecule has 0 aromatic rings. The maximum atomic E-state index is 14.2. The van der Waals surface area contributed by atoms with E-state index in [2.05, 4.69) is 13.2 Å². The predicted molar refractivity (Wildman–Crippen MR) is 137 cm³/mol. The number of aliphatic hydroxyl groups excluding tert-OH is 1. The summed E-state index contributed by atoms with van der Waals surface area (Å²) in [5.74, 6) is -2.39. The second-order valence-electron chi connectivity index (χ2n) is 11.3. The van der Waals surface area contributed by atoms with Gasteiger partial charge in [0, 0.05) is 25.2 Å². The van der Waals surface area contributed by atoms with Crippen LogP contribution in [0.2, 0.25) is 0 Å². The Hall–Kier alpha value is -2.19. The minimum Gasteiger partial charge on any atom is -0.465 e. The number of ether oxygens (including phenoxy) is 2. The van der Waals surface area contributed by atoms with Crippen molar-refractivity contribution >= 4 is 17.8 Å². The first-order valence-electron chi connectivity index (χ1n) is 13.4. The summed E-state index contributed by atoms with van der Waals surface area (Å²) in [4.78, 5) is 44.9. The second-order valence-corrected chi connectivity index (χ2v) is 11.3. The van der Waals surface area contributed by atoms with Gasteiger partial charge < -0.3 is 24.4 Å². The molecule has 1 N–H and O–H groups in total. The van der Waals surface area contributed by atoms with Gasteiger partial charge in [0.05, 0.1) is 18.1 Å². The number of aliphatic hydroxyl groups is 1. The molecule has 202 valence electrons. The van der Waals surface area contributed by atoms with Gasteiger partial charge >= 0.3 is 5.97 Å². The zero-order valence-electron chi connectivity index (χ0n) is 22.5. The lowest BCUT2D eigenvalue weighted by Crippen LogP contribution is -2.60. The van der Waals surface area contributed by atoms with E-state index < -0.39 is 40.6 Å². The normalized spacial score (nSPS) is 30.9. The molecule has 2 bridgehead atoms. The number of esters is 1. The SMILES string of the molecule is C=CCCCCOC(=O)[C@@H]1[C@H]2C(=O)N(CCCO)C(C(=O)N(CC=C)C(C)(C)C)C23CC[C@@]1(CC)O3. The van der Waals surface area contributed by atoms with Crippen LogP contribution in [-0.2, 0) is 23.9 Å². The largest absolute Gasteiger partial charge is 0.465 e. The van der Waals surface area contributed by atoms with Crippen LogP contribution in [0.4, 0.5) is 0 Å². The maximum absolute atomic E-state index is 14.2. The topological polar surface area (TPSA) is 96.4 Å². The molecule has 3 aliphatic rings. The fraction of sp³-hybridized carbons (Fsp3) is 0.750. The third-order valence-corrected chi connectivity index (χ3v) is 8.16. The van der Waals surface area contributed by atoms with E-state index in [0.717, 1.165) is 19.3 Å². The highest BCUT2D eigenvalue weighted by Crippen LogP contribution is 2.64. The number of amides is 2. The highest BCUT2D eigenvalue weighted by Gasteiger charge is 2.79. The molecule has 0 aromatic carbocycles. The molecule has 0 saturated carbocycles. The van der Waals surface area contributed by atoms with Gasteiger partial charge in [-0.2, -0.15) is 0 Å². The number of rotatable bonds is 13. The second kappa shape index (κ2) is 11.1. The minimum absolute atomic E-state index is 0.103. The van der Waals surface area contributed by atoms with Crippen molar-refractivity contribution in [2.24, 2.45) is 11.8 Å². The van der Waals surface area contributed by atoms with Gasteiger partial charge in [-0.3, -0.25) is 14.4 Å². The lowest BCUT2D eigenvalue weighted by molar-refractivity contribution is -0.162. The van der Waals surface area contributed by atoms with Crippen LogP contribution < -0.4 is 0 Å². The van der Waals surface area contributed by atoms with E-state index in [1.807, 2.05) is 33.8 Å². The Morgan fingerprint density at radius 3 is 2.53 bits per heavy atom. The molecule has 8 nitrogen and oxygen atoms in total. The quantitative estimate of drug-likeness (QED) is 0.235. The van der Waals surface area contributed by atoms with Crippen molar-refractivity contribution < 1.29 is 29.0 Å². The molecular weight excluding hydrogens is 460 g/mol. The van der Waals surface area contributed by atoms with Gasteiger partial charge in [-0.25, -0.2) is 0 Å². The molecule has 3 saturated heterocycles. The van der Waals surface area contributed by atoms with Crippen molar-refractivity contribution in [3.63, 3.8) is 0 Å². The van der Waals surface area contributed by atoms with E-state index in [-0.39, 0.29) is 31.6 Å². The monoisotopic (exact) mass is 504 g/mol. The first-order valence-corrected chi connectivity index (χ1v) is 13.4. The Morgan fingerprint density at radius 2 is 1.94 bits per heavy atom. The number of unbranched alkanes of at least 4 members (excludes halogenated alkanes) is 2. The van der Waals surface area contributed by atoms with Crippen molar-refractivity contribution in [1.29, 1.82) is 0 Å². The summed E-state index contributed by atoms with van der Waals surface area (Å²) in [5.41, 5.74) is -2.41. The molecule has 5 atom stereocenters. The first kappa shape index (κ1) is 28.4. The van der Waals surface area contributed by atoms with E-state index >= 15 is 0 Å². The van der Waals surface area contributed by atoms with Crippen LogP contribution in [0, 0.1) is 11.8 Å². The summed E-state index contributed by atoms with van der Waals surface area (Å²) < 4.78 is 12.4. The zero-order chi connectivity index (χ0) is 26.7. The van der Waals surface area contributed by atoms with Crippen LogP contribution in [0.5, 0.6) is 0 Å². The number of carbonyl (C=O) groups is 3. The van der Waals surface area contributed by atoms with Crippen LogP contribution in [-0.4, -0.2) is 81.8 Å². The Morgan fingerprint density at radius 1 is 1.22 bits per heavy atom. The van der Waals surface area contributed by atoms with Crippen LogP contribution in [0.15, 0.2) is 25.3 Å². The lowest BCUT2D eigenvalue weighted by atomic mass is 9.65. The summed E-state index contributed by atoms with van der Waals surface area (Å²) in [5, 5.41) is 9.51. The fourth-order valence-electron chi connectivity index (χ4n) is 6.46. The Balaban J connectivity index is 1.99. The standard InChI is InChI=1S/C28H44N2O6/c1-7-10-11-12-19-35-25(34)21-20-23(32)29(17-13-18-31)22(24(33)30(16-8-2)26(4,5)6)28(20)15-14-27(21,9-3)36-28/h7-8,20-22,31H,1-2,9-19H2,3-6H3/t20-,21-,22?,27+,28?/m0/s1. The van der Waals surface area contributed by atoms with Crippen LogP contribution in [0.25, 0.3) is 0 Å². The van der Waals surface area contributed by atoms with Crippen molar-refractivity contribution in [1.82, 2.24) is 9.80 Å². The number of hydrogen-bond donors (Lipinski definition) is 1. The molecule has 8 heteroatoms. The molecule has 1 spiro atoms. The third-order valence-electron chi connectivity index (χ3n) is 8.16. The van der Waals surface area contributed by atoms with Crippen molar-refractivity contribution in [2.75, 3.05) is 26.3 Å². The van der Waals surface area contributed by atoms with E-state index in [4.69, 9.17) is 9.47 Å². The maximum Gasteiger partial charge on any atom is 0.312 e. The van der Waals surface area contributed by atoms with Gasteiger partial charge in [-0.05, 0) is 65.7 Å². The van der Waals surface area contributed by atoms with Crippen LogP contribution >= 0.6 is 0 Å². The van der Waals surface area contributed by atoms with Crippen molar-refractivity contribution in [3.8, 4) is 0 Å². The molecule has 0 aromatic heterocycles. The van der Waals surface area contributed by atoms with Gasteiger partial charge in [0.1, 0.15) is 17.6 Å². The number of allylic oxidation sites excluding steroid dienone is 1. The summed E-state index contributed by atoms with van der Waals surface area (Å²) in [6.45, 7) is 16.1. The molecule has 2 unspecified atom stereocenters. The summed E-state index contributed by atoms with van der Waals surface area (Å²) in [6.07, 6.45) is 7.99. The first-order chi connectivity index (χ1) is 17.0. The molecular formula is C28H44N2O6. The van der Waals surface area contributed by atoms with Gasteiger partial charge in [-0.15, -0.1) is 13.2 Å². The van der Waals surface area contributed by atoms with Crippen molar-refractivity contribution in [3.05, 3.63) is 25.3 Å². The van der Waals surface area contributed by atoms with Gasteiger partial charge in [-0.1, -0.05) is 19.1 Å². The van der Waals surface area contributed by atoms with Crippen LogP contribution in [0.1, 0.15) is 72.6 Å². The molecule has 0 radical (unpaired) electrons. The lowest BCUT2D eigenvalue weighted by Gasteiger charge is -2.42. The summed E-state index contributed by atoms with van der Waals surface area (Å²) >= 11 is 0. The van der Waals surface area contributed by atoms with Crippen LogP contribution in [0.3, 0.4) is 0 Å². The predicted octanol–water partition coefficient (Wildman–Crippen LogP) is 3.24. The minimum atomic E-state index is -1.09. The molecule has 3 aliphatic heterocycles. The van der Waals surface area contributed by atoms with Gasteiger partial charge in [0.2, 0.25) is 11.8 Å². The van der Waals surface area contributed by atoms with E-state index in [9.17, 15) is 19.5 Å². The summed E-state index contributed by atoms with van der Waals surface area (Å²) in [7, 11) is 0. The number of fused-ring (bicyclic) bond motifs is 1. The molecule has 36 heavy (non-hydrogen) atoms. The van der Waals surface area contributed by atoms with E-state index in [1.165, 1.54) is 0 Å². The number of likely N-dealkylation sites (tertiary alicyclic amines) is 1. The zero-order valence-corrected chi connectivity index (χ0v) is 22.5. The Kier molecular flexibility index (Phi) is 8.71. The Bertz CT molecular complexity index is 867. The molecule has 3 heterocycles. The van der Waals surface area contributed by atoms with Gasteiger partial charge in [0.25, 0.3) is 0 Å². The smallest absolute Gasteiger partial charge is 0.312 e. The molecule has 3 rings (SSSR count). The molecule has 3 fully saturated rings. The molecule has 2 amide bonds. The Labute approximate surface area is 215 Å². The average Bonchev–Trinajstić information content (AvgIpc) is 3.43. The number of nitrogens with zero attached hydrogens (tertiary/aromatic N) is 2. The number of hydrogen-bond acceptors (Lipinski definition) is 6. The average molecular weight is 505 g/mol. The van der Waals surface area contributed by atoms with E-state index in [1.54, 1.807) is 15.9 Å². The van der Waals surface area contributed by atoms with Gasteiger partial charge in [0.15, 0.2) is 0 Å². The highest BCUT2D eigenvalue weighted by molar-refractivity contribution is 5.98. The third kappa shape index (κ3) is 4.74. The fourth-order valence-corrected chi connectivity index (χ4v) is 6.46. The summed E-state index contributed by atoms with van der Waals surface area (Å²) in [6, 6.07) is -0.862. The van der Waals surface area contributed by atoms with E-state index in [0.29, 0.717) is 32.2 Å². The highest BCUT2D eigenvalue weighted by atomic mass is 16.6. The number of carbonyl (C=O) groups excluding carboxylic acids is 3.